The predicted molar refractivity (Wildman–Crippen MR) is 88.2 cm³/mol. The number of nitrogens with zero attached hydrogens (tertiary/aromatic N) is 1. The van der Waals surface area contributed by atoms with Gasteiger partial charge in [0.25, 0.3) is 0 Å². The first-order valence-electron chi connectivity index (χ1n) is 8.62. The van der Waals surface area contributed by atoms with E-state index in [0.717, 1.165) is 11.8 Å². The second kappa shape index (κ2) is 8.46. The molecule has 1 fully saturated rings. The average Bonchev–Trinajstić information content (AvgIpc) is 2.88. The number of hydrogen-bond acceptors (Lipinski definition) is 1. The third kappa shape index (κ3) is 4.34. The molecule has 1 aromatic carbocycles. The van der Waals surface area contributed by atoms with Crippen molar-refractivity contribution in [1.82, 2.24) is 4.90 Å². The highest BCUT2D eigenvalue weighted by Gasteiger charge is 2.32. The molecule has 2 rings (SSSR count). The molecule has 1 saturated heterocycles. The quantitative estimate of drug-likeness (QED) is 0.597. The van der Waals surface area contributed by atoms with Gasteiger partial charge in [0.15, 0.2) is 0 Å². The van der Waals surface area contributed by atoms with Gasteiger partial charge in [-0.25, -0.2) is 0 Å². The van der Waals surface area contributed by atoms with Crippen molar-refractivity contribution in [3.8, 4) is 0 Å². The molecule has 0 aliphatic carbocycles. The molecule has 0 N–H and O–H groups in total. The highest BCUT2D eigenvalue weighted by Crippen LogP contribution is 2.35. The molecule has 1 nitrogen and oxygen atoms in total. The second-order valence-corrected chi connectivity index (χ2v) is 6.39. The summed E-state index contributed by atoms with van der Waals surface area (Å²) in [6.07, 6.45) is 8.22. The minimum absolute atomic E-state index is 0.766. The molecule has 0 radical (unpaired) electrons. The summed E-state index contributed by atoms with van der Waals surface area (Å²) in [5.41, 5.74) is 1.56. The molecule has 1 heterocycles. The van der Waals surface area contributed by atoms with E-state index in [1.54, 1.807) is 5.56 Å². The first-order chi connectivity index (χ1) is 9.85. The van der Waals surface area contributed by atoms with Crippen LogP contribution in [0.1, 0.15) is 63.9 Å². The fourth-order valence-electron chi connectivity index (χ4n) is 3.65. The van der Waals surface area contributed by atoms with Crippen molar-refractivity contribution < 1.29 is 0 Å². The highest BCUT2D eigenvalue weighted by atomic mass is 15.1. The molecule has 0 saturated carbocycles. The Morgan fingerprint density at radius 3 is 2.45 bits per heavy atom. The van der Waals surface area contributed by atoms with Gasteiger partial charge in [0.2, 0.25) is 0 Å². The lowest BCUT2D eigenvalue weighted by Gasteiger charge is -2.17. The lowest BCUT2D eigenvalue weighted by Crippen LogP contribution is -2.22. The molecule has 2 unspecified atom stereocenters. The molecule has 112 valence electrons. The van der Waals surface area contributed by atoms with Gasteiger partial charge >= 0.3 is 0 Å². The third-order valence-corrected chi connectivity index (χ3v) is 4.73. The largest absolute Gasteiger partial charge is 0.302 e. The van der Waals surface area contributed by atoms with Gasteiger partial charge < -0.3 is 4.90 Å². The van der Waals surface area contributed by atoms with Crippen LogP contribution in [0, 0.1) is 5.92 Å². The van der Waals surface area contributed by atoms with Crippen LogP contribution in [-0.2, 0) is 0 Å². The van der Waals surface area contributed by atoms with E-state index in [0.29, 0.717) is 0 Å². The van der Waals surface area contributed by atoms with Gasteiger partial charge in [0.05, 0.1) is 0 Å². The third-order valence-electron chi connectivity index (χ3n) is 4.73. The topological polar surface area (TPSA) is 3.24 Å². The molecule has 0 aromatic heterocycles. The lowest BCUT2D eigenvalue weighted by atomic mass is 9.86. The van der Waals surface area contributed by atoms with Crippen LogP contribution in [0.5, 0.6) is 0 Å². The number of likely N-dealkylation sites (tertiary alicyclic amines) is 1. The summed E-state index contributed by atoms with van der Waals surface area (Å²) in [7, 11) is 0. The molecule has 1 heteroatoms. The average molecular weight is 273 g/mol. The van der Waals surface area contributed by atoms with Gasteiger partial charge in [0, 0.05) is 19.0 Å². The van der Waals surface area contributed by atoms with E-state index in [-0.39, 0.29) is 0 Å². The van der Waals surface area contributed by atoms with Crippen molar-refractivity contribution in [3.63, 3.8) is 0 Å². The van der Waals surface area contributed by atoms with Crippen LogP contribution in [0.15, 0.2) is 30.3 Å². The Bertz CT molecular complexity index is 359. The molecule has 1 aliphatic rings. The van der Waals surface area contributed by atoms with Gasteiger partial charge in [-0.2, -0.15) is 0 Å². The molecule has 0 bridgehead atoms. The lowest BCUT2D eigenvalue weighted by molar-refractivity contribution is 0.311. The summed E-state index contributed by atoms with van der Waals surface area (Å²) >= 11 is 0. The van der Waals surface area contributed by atoms with Crippen LogP contribution in [0.3, 0.4) is 0 Å². The molecule has 1 aliphatic heterocycles. The van der Waals surface area contributed by atoms with Crippen molar-refractivity contribution >= 4 is 0 Å². The van der Waals surface area contributed by atoms with Crippen LogP contribution >= 0.6 is 0 Å². The maximum atomic E-state index is 2.72. The first kappa shape index (κ1) is 15.6. The van der Waals surface area contributed by atoms with E-state index >= 15 is 0 Å². The molecular weight excluding hydrogens is 242 g/mol. The summed E-state index contributed by atoms with van der Waals surface area (Å²) in [4.78, 5) is 2.72. The fourth-order valence-corrected chi connectivity index (χ4v) is 3.65. The molecule has 0 spiro atoms. The van der Waals surface area contributed by atoms with E-state index in [4.69, 9.17) is 0 Å². The Balaban J connectivity index is 1.90. The molecule has 20 heavy (non-hydrogen) atoms. The van der Waals surface area contributed by atoms with Crippen LogP contribution in [0.4, 0.5) is 0 Å². The number of benzene rings is 1. The smallest absolute Gasteiger partial charge is 0.00535 e. The number of hydrogen-bond donors (Lipinski definition) is 0. The number of unbranched alkanes of at least 4 members (excludes halogenated alkanes) is 3. The standard InChI is InChI=1S/C19H31N/c1-3-5-6-10-14-20-15-18(11-4-2)19(16-20)17-12-8-7-9-13-17/h7-9,12-13,18-19H,3-6,10-11,14-16H2,1-2H3. The van der Waals surface area contributed by atoms with Crippen molar-refractivity contribution in [1.29, 1.82) is 0 Å². The van der Waals surface area contributed by atoms with Gasteiger partial charge in [-0.05, 0) is 30.9 Å². The zero-order valence-corrected chi connectivity index (χ0v) is 13.4. The number of rotatable bonds is 8. The van der Waals surface area contributed by atoms with Crippen LogP contribution < -0.4 is 0 Å². The summed E-state index contributed by atoms with van der Waals surface area (Å²) < 4.78 is 0. The minimum Gasteiger partial charge on any atom is -0.302 e. The second-order valence-electron chi connectivity index (χ2n) is 6.39. The van der Waals surface area contributed by atoms with Gasteiger partial charge in [-0.1, -0.05) is 69.9 Å². The summed E-state index contributed by atoms with van der Waals surface area (Å²) in [6.45, 7) is 8.52. The van der Waals surface area contributed by atoms with E-state index in [9.17, 15) is 0 Å². The Morgan fingerprint density at radius 2 is 1.75 bits per heavy atom. The van der Waals surface area contributed by atoms with Crippen molar-refractivity contribution in [3.05, 3.63) is 35.9 Å². The van der Waals surface area contributed by atoms with Gasteiger partial charge in [-0.15, -0.1) is 0 Å². The summed E-state index contributed by atoms with van der Waals surface area (Å²) in [6, 6.07) is 11.2. The Labute approximate surface area is 125 Å². The van der Waals surface area contributed by atoms with E-state index in [1.165, 1.54) is 58.2 Å². The zero-order chi connectivity index (χ0) is 14.2. The van der Waals surface area contributed by atoms with Crippen LogP contribution in [0.25, 0.3) is 0 Å². The normalized spacial score (nSPS) is 23.3. The predicted octanol–water partition coefficient (Wildman–Crippen LogP) is 5.08. The Kier molecular flexibility index (Phi) is 6.59. The van der Waals surface area contributed by atoms with Gasteiger partial charge in [0.1, 0.15) is 0 Å². The van der Waals surface area contributed by atoms with Crippen molar-refractivity contribution in [2.45, 2.75) is 58.3 Å². The van der Waals surface area contributed by atoms with E-state index in [1.807, 2.05) is 0 Å². The molecule has 0 amide bonds. The maximum Gasteiger partial charge on any atom is 0.00535 e. The van der Waals surface area contributed by atoms with Crippen molar-refractivity contribution in [2.75, 3.05) is 19.6 Å². The maximum absolute atomic E-state index is 2.72. The van der Waals surface area contributed by atoms with E-state index in [2.05, 4.69) is 49.1 Å². The van der Waals surface area contributed by atoms with E-state index < -0.39 is 0 Å². The van der Waals surface area contributed by atoms with Crippen LogP contribution in [-0.4, -0.2) is 24.5 Å². The van der Waals surface area contributed by atoms with Crippen LogP contribution in [0.2, 0.25) is 0 Å². The summed E-state index contributed by atoms with van der Waals surface area (Å²) in [5.74, 6) is 1.64. The molecular formula is C19H31N. The molecule has 2 atom stereocenters. The fraction of sp³-hybridized carbons (Fsp3) is 0.684. The Hall–Kier alpha value is -0.820. The molecule has 1 aromatic rings. The SMILES string of the molecule is CCCCCCN1CC(CCC)C(c2ccccc2)C1. The zero-order valence-electron chi connectivity index (χ0n) is 13.4. The minimum atomic E-state index is 0.766. The van der Waals surface area contributed by atoms with Gasteiger partial charge in [-0.3, -0.25) is 0 Å². The summed E-state index contributed by atoms with van der Waals surface area (Å²) in [5, 5.41) is 0. The Morgan fingerprint density at radius 1 is 0.950 bits per heavy atom. The highest BCUT2D eigenvalue weighted by molar-refractivity contribution is 5.22. The van der Waals surface area contributed by atoms with Crippen molar-refractivity contribution in [2.24, 2.45) is 5.92 Å². The first-order valence-corrected chi connectivity index (χ1v) is 8.62. The monoisotopic (exact) mass is 273 g/mol.